The Morgan fingerprint density at radius 3 is 2.74 bits per heavy atom. The third-order valence-electron chi connectivity index (χ3n) is 4.05. The third kappa shape index (κ3) is 3.75. The van der Waals surface area contributed by atoms with E-state index >= 15 is 0 Å². The quantitative estimate of drug-likeness (QED) is 0.516. The molecule has 2 heterocycles. The maximum Gasteiger partial charge on any atom is 0.277 e. The molecule has 27 heavy (non-hydrogen) atoms. The number of hydrogen-bond acceptors (Lipinski definition) is 5. The summed E-state index contributed by atoms with van der Waals surface area (Å²) >= 11 is 1.72. The molecule has 1 aromatic carbocycles. The first kappa shape index (κ1) is 19.1. The molecule has 1 aliphatic heterocycles. The van der Waals surface area contributed by atoms with Crippen LogP contribution in [-0.2, 0) is 10.3 Å². The van der Waals surface area contributed by atoms with Crippen molar-refractivity contribution in [3.63, 3.8) is 0 Å². The molecule has 1 aromatic heterocycles. The van der Waals surface area contributed by atoms with Gasteiger partial charge in [0.1, 0.15) is 5.82 Å². The SMILES string of the molecule is CC1(c2cc(NC(=O)c3ncccc3F)ccc2F)CC(=O)N(I)C(N)=N1. The highest BCUT2D eigenvalue weighted by Gasteiger charge is 2.38. The van der Waals surface area contributed by atoms with Crippen LogP contribution in [0.25, 0.3) is 0 Å². The van der Waals surface area contributed by atoms with Gasteiger partial charge in [0.2, 0.25) is 11.9 Å². The summed E-state index contributed by atoms with van der Waals surface area (Å²) in [7, 11) is 0. The lowest BCUT2D eigenvalue weighted by Crippen LogP contribution is -2.44. The van der Waals surface area contributed by atoms with Gasteiger partial charge in [-0.15, -0.1) is 0 Å². The molecule has 3 N–H and O–H groups in total. The summed E-state index contributed by atoms with van der Waals surface area (Å²) in [4.78, 5) is 32.3. The van der Waals surface area contributed by atoms with E-state index < -0.39 is 23.1 Å². The van der Waals surface area contributed by atoms with E-state index in [2.05, 4.69) is 15.3 Å². The summed E-state index contributed by atoms with van der Waals surface area (Å²) in [5, 5.41) is 2.47. The molecule has 2 aromatic rings. The third-order valence-corrected chi connectivity index (χ3v) is 5.09. The lowest BCUT2D eigenvalue weighted by molar-refractivity contribution is -0.124. The number of hydrogen-bond donors (Lipinski definition) is 2. The van der Waals surface area contributed by atoms with Crippen LogP contribution < -0.4 is 11.1 Å². The summed E-state index contributed by atoms with van der Waals surface area (Å²) in [5.41, 5.74) is 4.43. The van der Waals surface area contributed by atoms with Gasteiger partial charge in [0.15, 0.2) is 11.5 Å². The van der Waals surface area contributed by atoms with Gasteiger partial charge in [-0.3, -0.25) is 9.59 Å². The molecular formula is C17H14F2IN5O2. The lowest BCUT2D eigenvalue weighted by atomic mass is 9.87. The van der Waals surface area contributed by atoms with E-state index in [-0.39, 0.29) is 35.2 Å². The largest absolute Gasteiger partial charge is 0.369 e. The van der Waals surface area contributed by atoms with Crippen molar-refractivity contribution in [2.45, 2.75) is 18.9 Å². The summed E-state index contributed by atoms with van der Waals surface area (Å²) in [5.74, 6) is -2.53. The molecule has 0 aliphatic carbocycles. The first-order valence-corrected chi connectivity index (χ1v) is 8.74. The number of carbonyl (C=O) groups is 2. The van der Waals surface area contributed by atoms with Crippen molar-refractivity contribution in [2.24, 2.45) is 10.7 Å². The second-order valence-electron chi connectivity index (χ2n) is 6.08. The maximum absolute atomic E-state index is 14.5. The summed E-state index contributed by atoms with van der Waals surface area (Å²) in [6, 6.07) is 6.28. The van der Waals surface area contributed by atoms with Crippen molar-refractivity contribution in [1.82, 2.24) is 8.10 Å². The van der Waals surface area contributed by atoms with Crippen LogP contribution in [0, 0.1) is 11.6 Å². The Morgan fingerprint density at radius 1 is 1.33 bits per heavy atom. The number of rotatable bonds is 3. The Bertz CT molecular complexity index is 968. The lowest BCUT2D eigenvalue weighted by Gasteiger charge is -2.32. The minimum Gasteiger partial charge on any atom is -0.369 e. The van der Waals surface area contributed by atoms with Gasteiger partial charge in [0.25, 0.3) is 5.91 Å². The van der Waals surface area contributed by atoms with E-state index in [1.165, 1.54) is 24.4 Å². The average Bonchev–Trinajstić information content (AvgIpc) is 2.61. The van der Waals surface area contributed by atoms with Crippen molar-refractivity contribution in [1.29, 1.82) is 0 Å². The highest BCUT2D eigenvalue weighted by molar-refractivity contribution is 14.1. The van der Waals surface area contributed by atoms with E-state index in [4.69, 9.17) is 5.73 Å². The van der Waals surface area contributed by atoms with Gasteiger partial charge >= 0.3 is 0 Å². The molecule has 0 saturated carbocycles. The number of nitrogens with zero attached hydrogens (tertiary/aromatic N) is 3. The van der Waals surface area contributed by atoms with Crippen LogP contribution >= 0.6 is 22.9 Å². The monoisotopic (exact) mass is 485 g/mol. The number of halogens is 3. The Labute approximate surface area is 167 Å². The van der Waals surface area contributed by atoms with Crippen molar-refractivity contribution >= 4 is 46.3 Å². The van der Waals surface area contributed by atoms with Gasteiger partial charge in [0, 0.05) is 17.4 Å². The van der Waals surface area contributed by atoms with E-state index in [1.807, 2.05) is 0 Å². The van der Waals surface area contributed by atoms with Crippen LogP contribution in [0.4, 0.5) is 14.5 Å². The van der Waals surface area contributed by atoms with Gasteiger partial charge in [-0.05, 0) is 37.3 Å². The number of nitrogens with one attached hydrogen (secondary N) is 1. The van der Waals surface area contributed by atoms with Gasteiger partial charge in [-0.1, -0.05) is 0 Å². The number of aromatic nitrogens is 1. The summed E-state index contributed by atoms with van der Waals surface area (Å²) in [6.07, 6.45) is 1.19. The smallest absolute Gasteiger partial charge is 0.277 e. The highest BCUT2D eigenvalue weighted by Crippen LogP contribution is 2.36. The molecule has 1 atom stereocenters. The fourth-order valence-electron chi connectivity index (χ4n) is 2.74. The molecule has 7 nitrogen and oxygen atoms in total. The zero-order valence-electron chi connectivity index (χ0n) is 14.0. The molecule has 3 rings (SSSR count). The predicted molar refractivity (Wildman–Crippen MR) is 103 cm³/mol. The standard InChI is InChI=1S/C17H14F2IN5O2/c1-17(8-13(26)25(20)16(21)24-17)10-7-9(4-5-11(10)18)23-15(27)14-12(19)3-2-6-22-14/h2-7H,8H2,1H3,(H2,21,24)(H,23,27). The fraction of sp³-hybridized carbons (Fsp3) is 0.176. The Hall–Kier alpha value is -2.63. The summed E-state index contributed by atoms with van der Waals surface area (Å²) < 4.78 is 29.3. The van der Waals surface area contributed by atoms with Crippen LogP contribution in [0.2, 0.25) is 0 Å². The van der Waals surface area contributed by atoms with Crippen molar-refractivity contribution in [3.8, 4) is 0 Å². The molecule has 0 spiro atoms. The van der Waals surface area contributed by atoms with Crippen LogP contribution in [0.1, 0.15) is 29.4 Å². The van der Waals surface area contributed by atoms with Crippen LogP contribution in [-0.4, -0.2) is 25.9 Å². The van der Waals surface area contributed by atoms with Gasteiger partial charge in [-0.2, -0.15) is 0 Å². The molecular weight excluding hydrogens is 471 g/mol. The number of carbonyl (C=O) groups excluding carboxylic acids is 2. The van der Waals surface area contributed by atoms with E-state index in [0.717, 1.165) is 15.2 Å². The maximum atomic E-state index is 14.5. The molecule has 0 radical (unpaired) electrons. The van der Waals surface area contributed by atoms with Crippen LogP contribution in [0.15, 0.2) is 41.5 Å². The molecule has 1 unspecified atom stereocenters. The molecule has 2 amide bonds. The molecule has 0 saturated heterocycles. The van der Waals surface area contributed by atoms with Crippen LogP contribution in [0.3, 0.4) is 0 Å². The topological polar surface area (TPSA) is 101 Å². The average molecular weight is 485 g/mol. The minimum absolute atomic E-state index is 0.0428. The predicted octanol–water partition coefficient (Wildman–Crippen LogP) is 2.72. The number of pyridine rings is 1. The zero-order chi connectivity index (χ0) is 19.8. The number of anilines is 1. The first-order valence-electron chi connectivity index (χ1n) is 7.77. The normalized spacial score (nSPS) is 19.6. The van der Waals surface area contributed by atoms with E-state index in [9.17, 15) is 18.4 Å². The Balaban J connectivity index is 1.95. The number of guanidine groups is 1. The fourth-order valence-corrected chi connectivity index (χ4v) is 3.02. The highest BCUT2D eigenvalue weighted by atomic mass is 127. The van der Waals surface area contributed by atoms with E-state index in [0.29, 0.717) is 0 Å². The number of nitrogens with two attached hydrogens (primary N) is 1. The van der Waals surface area contributed by atoms with Crippen molar-refractivity contribution in [3.05, 3.63) is 59.4 Å². The molecule has 1 aliphatic rings. The minimum atomic E-state index is -1.23. The second kappa shape index (κ2) is 7.18. The van der Waals surface area contributed by atoms with E-state index in [1.54, 1.807) is 29.8 Å². The van der Waals surface area contributed by atoms with Gasteiger partial charge in [-0.25, -0.2) is 21.9 Å². The second-order valence-corrected chi connectivity index (χ2v) is 7.04. The molecule has 140 valence electrons. The summed E-state index contributed by atoms with van der Waals surface area (Å²) in [6.45, 7) is 1.57. The molecule has 0 bridgehead atoms. The number of benzene rings is 1. The zero-order valence-corrected chi connectivity index (χ0v) is 16.2. The Kier molecular flexibility index (Phi) is 5.09. The first-order chi connectivity index (χ1) is 12.7. The van der Waals surface area contributed by atoms with Gasteiger partial charge < -0.3 is 11.1 Å². The number of amides is 2. The Morgan fingerprint density at radius 2 is 2.07 bits per heavy atom. The van der Waals surface area contributed by atoms with Crippen molar-refractivity contribution in [2.75, 3.05) is 5.32 Å². The van der Waals surface area contributed by atoms with Gasteiger partial charge in [0.05, 0.1) is 34.8 Å². The molecule has 0 fully saturated rings. The van der Waals surface area contributed by atoms with Crippen molar-refractivity contribution < 1.29 is 18.4 Å². The van der Waals surface area contributed by atoms with Crippen LogP contribution in [0.5, 0.6) is 0 Å². The number of aliphatic imine (C=N–C) groups is 1. The molecule has 10 heteroatoms.